The predicted octanol–water partition coefficient (Wildman–Crippen LogP) is 4.16. The zero-order valence-corrected chi connectivity index (χ0v) is 17.6. The average Bonchev–Trinajstić information content (AvgIpc) is 2.64. The molecule has 0 saturated carbocycles. The number of ether oxygens (including phenoxy) is 2. The number of hydrogen-bond donors (Lipinski definition) is 1. The molecule has 26 heavy (non-hydrogen) atoms. The van der Waals surface area contributed by atoms with E-state index in [1.165, 1.54) is 0 Å². The minimum Gasteiger partial charge on any atom is -0.493 e. The summed E-state index contributed by atoms with van der Waals surface area (Å²) in [6, 6.07) is 13.6. The number of amides is 1. The molecule has 1 amide bonds. The summed E-state index contributed by atoms with van der Waals surface area (Å²) in [6.45, 7) is 6.35. The maximum atomic E-state index is 12.3. The third-order valence-corrected chi connectivity index (χ3v) is 4.60. The molecule has 5 nitrogen and oxygen atoms in total. The highest BCUT2D eigenvalue weighted by atomic mass is 127. The van der Waals surface area contributed by atoms with E-state index in [1.807, 2.05) is 56.3 Å². The first-order chi connectivity index (χ1) is 12.5. The first-order valence-corrected chi connectivity index (χ1v) is 9.71. The lowest BCUT2D eigenvalue weighted by atomic mass is 10.2. The van der Waals surface area contributed by atoms with E-state index in [-0.39, 0.29) is 5.91 Å². The van der Waals surface area contributed by atoms with Crippen LogP contribution in [0.15, 0.2) is 42.5 Å². The molecule has 2 aromatic rings. The lowest BCUT2D eigenvalue weighted by Gasteiger charge is -2.21. The van der Waals surface area contributed by atoms with E-state index in [4.69, 9.17) is 9.47 Å². The molecule has 0 radical (unpaired) electrons. The number of nitrogens with zero attached hydrogens (tertiary/aromatic N) is 1. The Kier molecular flexibility index (Phi) is 8.18. The van der Waals surface area contributed by atoms with Gasteiger partial charge in [-0.15, -0.1) is 0 Å². The normalized spacial score (nSPS) is 10.7. The second-order valence-electron chi connectivity index (χ2n) is 5.78. The predicted molar refractivity (Wildman–Crippen MR) is 113 cm³/mol. The highest BCUT2D eigenvalue weighted by Crippen LogP contribution is 2.28. The van der Waals surface area contributed by atoms with Gasteiger partial charge in [0.05, 0.1) is 20.3 Å². The lowest BCUT2D eigenvalue weighted by molar-refractivity contribution is -0.117. The van der Waals surface area contributed by atoms with Gasteiger partial charge in [-0.2, -0.15) is 0 Å². The fourth-order valence-electron chi connectivity index (χ4n) is 2.56. The van der Waals surface area contributed by atoms with Gasteiger partial charge in [0, 0.05) is 15.8 Å². The molecule has 0 spiro atoms. The first kappa shape index (κ1) is 20.5. The van der Waals surface area contributed by atoms with Crippen molar-refractivity contribution in [3.05, 3.63) is 51.6 Å². The number of rotatable bonds is 9. The second-order valence-corrected chi connectivity index (χ2v) is 7.02. The van der Waals surface area contributed by atoms with Crippen LogP contribution in [0.4, 0.5) is 5.69 Å². The van der Waals surface area contributed by atoms with E-state index in [2.05, 4.69) is 32.8 Å². The Labute approximate surface area is 168 Å². The number of halogens is 1. The Morgan fingerprint density at radius 2 is 1.85 bits per heavy atom. The molecule has 140 valence electrons. The SMILES string of the molecule is CCOc1ccc(CN(CC)CC(=O)Nc2ccc(I)cc2)cc1OC. The van der Waals surface area contributed by atoms with E-state index >= 15 is 0 Å². The molecule has 0 aromatic heterocycles. The molecule has 0 aliphatic carbocycles. The molecule has 2 aromatic carbocycles. The fourth-order valence-corrected chi connectivity index (χ4v) is 2.92. The Morgan fingerprint density at radius 1 is 1.12 bits per heavy atom. The van der Waals surface area contributed by atoms with Gasteiger partial charge in [0.2, 0.25) is 5.91 Å². The zero-order chi connectivity index (χ0) is 18.9. The number of carbonyl (C=O) groups excluding carboxylic acids is 1. The van der Waals surface area contributed by atoms with E-state index < -0.39 is 0 Å². The van der Waals surface area contributed by atoms with Crippen molar-refractivity contribution in [2.75, 3.05) is 32.1 Å². The molecule has 0 atom stereocenters. The van der Waals surface area contributed by atoms with E-state index in [0.717, 1.165) is 27.1 Å². The highest BCUT2D eigenvalue weighted by molar-refractivity contribution is 14.1. The average molecular weight is 468 g/mol. The molecular weight excluding hydrogens is 443 g/mol. The molecule has 0 aliphatic rings. The number of carbonyl (C=O) groups is 1. The lowest BCUT2D eigenvalue weighted by Crippen LogP contribution is -2.32. The topological polar surface area (TPSA) is 50.8 Å². The summed E-state index contributed by atoms with van der Waals surface area (Å²) in [5, 5.41) is 2.94. The van der Waals surface area contributed by atoms with Crippen molar-refractivity contribution in [2.45, 2.75) is 20.4 Å². The van der Waals surface area contributed by atoms with Crippen molar-refractivity contribution >= 4 is 34.2 Å². The minimum absolute atomic E-state index is 0.0223. The molecule has 2 rings (SSSR count). The van der Waals surface area contributed by atoms with Gasteiger partial charge >= 0.3 is 0 Å². The monoisotopic (exact) mass is 468 g/mol. The van der Waals surface area contributed by atoms with Gasteiger partial charge in [-0.05, 0) is 78.0 Å². The third-order valence-electron chi connectivity index (χ3n) is 3.88. The van der Waals surface area contributed by atoms with Crippen molar-refractivity contribution in [3.8, 4) is 11.5 Å². The zero-order valence-electron chi connectivity index (χ0n) is 15.4. The van der Waals surface area contributed by atoms with Gasteiger partial charge in [0.25, 0.3) is 0 Å². The van der Waals surface area contributed by atoms with Gasteiger partial charge in [-0.3, -0.25) is 9.69 Å². The second kappa shape index (κ2) is 10.4. The molecule has 0 heterocycles. The summed E-state index contributed by atoms with van der Waals surface area (Å²) < 4.78 is 12.1. The number of anilines is 1. The van der Waals surface area contributed by atoms with Gasteiger partial charge in [-0.25, -0.2) is 0 Å². The molecule has 1 N–H and O–H groups in total. The molecule has 0 aliphatic heterocycles. The summed E-state index contributed by atoms with van der Waals surface area (Å²) in [5.41, 5.74) is 1.89. The van der Waals surface area contributed by atoms with E-state index in [1.54, 1.807) is 7.11 Å². The van der Waals surface area contributed by atoms with Gasteiger partial charge in [0.15, 0.2) is 11.5 Å². The van der Waals surface area contributed by atoms with Crippen LogP contribution in [0.2, 0.25) is 0 Å². The minimum atomic E-state index is -0.0223. The Morgan fingerprint density at radius 3 is 2.46 bits per heavy atom. The molecule has 0 fully saturated rings. The maximum absolute atomic E-state index is 12.3. The van der Waals surface area contributed by atoms with Crippen LogP contribution in [0.3, 0.4) is 0 Å². The first-order valence-electron chi connectivity index (χ1n) is 8.63. The summed E-state index contributed by atoms with van der Waals surface area (Å²) in [5.74, 6) is 1.42. The highest BCUT2D eigenvalue weighted by Gasteiger charge is 2.12. The van der Waals surface area contributed by atoms with Crippen molar-refractivity contribution in [2.24, 2.45) is 0 Å². The Bertz CT molecular complexity index is 719. The number of likely N-dealkylation sites (N-methyl/N-ethyl adjacent to an activating group) is 1. The van der Waals surface area contributed by atoms with Crippen molar-refractivity contribution in [1.29, 1.82) is 0 Å². The van der Waals surface area contributed by atoms with Crippen molar-refractivity contribution in [3.63, 3.8) is 0 Å². The van der Waals surface area contributed by atoms with Crippen LogP contribution >= 0.6 is 22.6 Å². The number of nitrogens with one attached hydrogen (secondary N) is 1. The van der Waals surface area contributed by atoms with Crippen molar-refractivity contribution in [1.82, 2.24) is 4.90 Å². The standard InChI is InChI=1S/C20H25IN2O3/c1-4-23(14-20(24)22-17-9-7-16(21)8-10-17)13-15-6-11-18(26-5-2)19(12-15)25-3/h6-12H,4-5,13-14H2,1-3H3,(H,22,24). The fraction of sp³-hybridized carbons (Fsp3) is 0.350. The van der Waals surface area contributed by atoms with Crippen LogP contribution in [0.25, 0.3) is 0 Å². The van der Waals surface area contributed by atoms with E-state index in [0.29, 0.717) is 25.4 Å². The third kappa shape index (κ3) is 6.17. The van der Waals surface area contributed by atoms with E-state index in [9.17, 15) is 4.79 Å². The molecular formula is C20H25IN2O3. The smallest absolute Gasteiger partial charge is 0.238 e. The quantitative estimate of drug-likeness (QED) is 0.562. The van der Waals surface area contributed by atoms with Gasteiger partial charge in [-0.1, -0.05) is 13.0 Å². The van der Waals surface area contributed by atoms with Crippen LogP contribution in [0, 0.1) is 3.57 Å². The molecule has 6 heteroatoms. The largest absolute Gasteiger partial charge is 0.493 e. The van der Waals surface area contributed by atoms with Crippen LogP contribution in [0.1, 0.15) is 19.4 Å². The van der Waals surface area contributed by atoms with Crippen LogP contribution in [0.5, 0.6) is 11.5 Å². The van der Waals surface area contributed by atoms with Gasteiger partial charge < -0.3 is 14.8 Å². The Balaban J connectivity index is 1.97. The summed E-state index contributed by atoms with van der Waals surface area (Å²) in [7, 11) is 1.63. The van der Waals surface area contributed by atoms with Crippen LogP contribution in [-0.2, 0) is 11.3 Å². The van der Waals surface area contributed by atoms with Crippen LogP contribution in [-0.4, -0.2) is 37.6 Å². The summed E-state index contributed by atoms with van der Waals surface area (Å²) in [6.07, 6.45) is 0. The van der Waals surface area contributed by atoms with Crippen LogP contribution < -0.4 is 14.8 Å². The molecule has 0 unspecified atom stereocenters. The van der Waals surface area contributed by atoms with Crippen molar-refractivity contribution < 1.29 is 14.3 Å². The number of methoxy groups -OCH3 is 1. The molecule has 0 saturated heterocycles. The summed E-state index contributed by atoms with van der Waals surface area (Å²) >= 11 is 2.24. The number of benzene rings is 2. The maximum Gasteiger partial charge on any atom is 0.238 e. The van der Waals surface area contributed by atoms with Gasteiger partial charge in [0.1, 0.15) is 0 Å². The Hall–Kier alpha value is -1.80. The summed E-state index contributed by atoms with van der Waals surface area (Å²) in [4.78, 5) is 14.4. The molecule has 0 bridgehead atoms. The number of hydrogen-bond acceptors (Lipinski definition) is 4.